The third-order valence-corrected chi connectivity index (χ3v) is 6.01. The Morgan fingerprint density at radius 2 is 1.62 bits per heavy atom. The van der Waals surface area contributed by atoms with Crippen molar-refractivity contribution in [3.8, 4) is 28.7 Å². The summed E-state index contributed by atoms with van der Waals surface area (Å²) in [7, 11) is 4.55. The molecule has 0 aliphatic carbocycles. The van der Waals surface area contributed by atoms with Gasteiger partial charge in [-0.25, -0.2) is 4.79 Å². The maximum atomic E-state index is 13.0. The summed E-state index contributed by atoms with van der Waals surface area (Å²) in [6.45, 7) is 1.73. The van der Waals surface area contributed by atoms with Crippen LogP contribution in [0.4, 0.5) is 0 Å². The van der Waals surface area contributed by atoms with Crippen molar-refractivity contribution in [3.63, 3.8) is 0 Å². The van der Waals surface area contributed by atoms with Crippen molar-refractivity contribution in [2.75, 3.05) is 21.3 Å². The molecule has 1 heterocycles. The standard InChI is InChI=1S/C26H21BrO7/c1-14-19(34-26(29)16-7-5-6-8-18(16)27)10-9-17-23(28)20(33-24(14)17)11-15-12-21(30-2)25(32-4)22(13-15)31-3/h5-13H,1-4H3/b20-11-. The van der Waals surface area contributed by atoms with E-state index >= 15 is 0 Å². The number of esters is 1. The summed E-state index contributed by atoms with van der Waals surface area (Å²) < 4.78 is 28.2. The molecule has 7 nitrogen and oxygen atoms in total. The van der Waals surface area contributed by atoms with Crippen LogP contribution < -0.4 is 23.7 Å². The van der Waals surface area contributed by atoms with Crippen LogP contribution in [0.15, 0.2) is 58.8 Å². The molecule has 3 aromatic rings. The van der Waals surface area contributed by atoms with Crippen molar-refractivity contribution in [3.05, 3.63) is 81.0 Å². The SMILES string of the molecule is COc1cc(/C=C2\Oc3c(ccc(OC(=O)c4ccccc4Br)c3C)C2=O)cc(OC)c1OC. The van der Waals surface area contributed by atoms with Crippen molar-refractivity contribution >= 4 is 33.8 Å². The summed E-state index contributed by atoms with van der Waals surface area (Å²) in [5.74, 6) is 1.33. The Hall–Kier alpha value is -3.78. The molecule has 0 unspecified atom stereocenters. The monoisotopic (exact) mass is 524 g/mol. The topological polar surface area (TPSA) is 80.3 Å². The minimum Gasteiger partial charge on any atom is -0.493 e. The normalized spacial score (nSPS) is 13.3. The van der Waals surface area contributed by atoms with E-state index in [4.69, 9.17) is 23.7 Å². The van der Waals surface area contributed by atoms with Crippen LogP contribution in [-0.4, -0.2) is 33.1 Å². The first-order chi connectivity index (χ1) is 16.4. The average molecular weight is 525 g/mol. The predicted octanol–water partition coefficient (Wildman–Crippen LogP) is 5.62. The largest absolute Gasteiger partial charge is 0.493 e. The van der Waals surface area contributed by atoms with Gasteiger partial charge in [-0.05, 0) is 70.9 Å². The number of halogens is 1. The highest BCUT2D eigenvalue weighted by atomic mass is 79.9. The fourth-order valence-corrected chi connectivity index (χ4v) is 4.04. The molecule has 0 amide bonds. The second-order valence-corrected chi connectivity index (χ2v) is 8.19. The van der Waals surface area contributed by atoms with Gasteiger partial charge in [-0.1, -0.05) is 12.1 Å². The number of hydrogen-bond donors (Lipinski definition) is 0. The number of carbonyl (C=O) groups is 2. The minimum atomic E-state index is -0.520. The molecule has 0 saturated heterocycles. The Bertz CT molecular complexity index is 1300. The smallest absolute Gasteiger partial charge is 0.344 e. The van der Waals surface area contributed by atoms with E-state index in [1.165, 1.54) is 21.3 Å². The predicted molar refractivity (Wildman–Crippen MR) is 129 cm³/mol. The van der Waals surface area contributed by atoms with Crippen LogP contribution in [0.3, 0.4) is 0 Å². The molecule has 3 aromatic carbocycles. The summed E-state index contributed by atoms with van der Waals surface area (Å²) in [4.78, 5) is 25.6. The zero-order chi connectivity index (χ0) is 24.4. The minimum absolute atomic E-state index is 0.127. The Morgan fingerprint density at radius 3 is 2.24 bits per heavy atom. The molecule has 4 rings (SSSR count). The first-order valence-electron chi connectivity index (χ1n) is 10.2. The number of ketones is 1. The number of rotatable bonds is 6. The number of hydrogen-bond acceptors (Lipinski definition) is 7. The van der Waals surface area contributed by atoms with Gasteiger partial charge in [0.15, 0.2) is 17.3 Å². The van der Waals surface area contributed by atoms with Gasteiger partial charge in [-0.15, -0.1) is 0 Å². The molecule has 8 heteroatoms. The molecule has 0 fully saturated rings. The van der Waals surface area contributed by atoms with Gasteiger partial charge >= 0.3 is 5.97 Å². The molecule has 1 aliphatic heterocycles. The number of benzene rings is 3. The lowest BCUT2D eigenvalue weighted by atomic mass is 10.1. The van der Waals surface area contributed by atoms with Crippen molar-refractivity contribution in [2.45, 2.75) is 6.92 Å². The maximum absolute atomic E-state index is 13.0. The zero-order valence-electron chi connectivity index (χ0n) is 18.9. The molecule has 1 aliphatic rings. The van der Waals surface area contributed by atoms with E-state index in [-0.39, 0.29) is 11.5 Å². The molecule has 174 valence electrons. The van der Waals surface area contributed by atoms with Gasteiger partial charge < -0.3 is 23.7 Å². The van der Waals surface area contributed by atoms with Crippen LogP contribution in [0, 0.1) is 6.92 Å². The molecule has 0 radical (unpaired) electrons. The molecule has 0 bridgehead atoms. The van der Waals surface area contributed by atoms with Gasteiger partial charge in [-0.2, -0.15) is 0 Å². The van der Waals surface area contributed by atoms with E-state index in [1.807, 2.05) is 6.07 Å². The second-order valence-electron chi connectivity index (χ2n) is 7.33. The quantitative estimate of drug-likeness (QED) is 0.235. The lowest BCUT2D eigenvalue weighted by Gasteiger charge is -2.13. The summed E-state index contributed by atoms with van der Waals surface area (Å²) in [6.07, 6.45) is 1.60. The Kier molecular flexibility index (Phi) is 6.61. The van der Waals surface area contributed by atoms with Crippen LogP contribution in [0.2, 0.25) is 0 Å². The summed E-state index contributed by atoms with van der Waals surface area (Å²) in [5.41, 5.74) is 1.95. The molecule has 34 heavy (non-hydrogen) atoms. The first kappa shape index (κ1) is 23.4. The number of allylic oxidation sites excluding steroid dienone is 1. The fraction of sp³-hybridized carbons (Fsp3) is 0.154. The Balaban J connectivity index is 1.65. The van der Waals surface area contributed by atoms with Crippen molar-refractivity contribution < 1.29 is 33.3 Å². The highest BCUT2D eigenvalue weighted by molar-refractivity contribution is 9.10. The summed E-state index contributed by atoms with van der Waals surface area (Å²) in [6, 6.07) is 13.6. The lowest BCUT2D eigenvalue weighted by molar-refractivity contribution is 0.0732. The summed E-state index contributed by atoms with van der Waals surface area (Å²) in [5, 5.41) is 0. The van der Waals surface area contributed by atoms with E-state index in [9.17, 15) is 9.59 Å². The molecular formula is C26H21BrO7. The highest BCUT2D eigenvalue weighted by Crippen LogP contribution is 2.42. The molecular weight excluding hydrogens is 504 g/mol. The number of carbonyl (C=O) groups excluding carboxylic acids is 2. The Morgan fingerprint density at radius 1 is 0.941 bits per heavy atom. The van der Waals surface area contributed by atoms with Crippen molar-refractivity contribution in [1.82, 2.24) is 0 Å². The average Bonchev–Trinajstić information content (AvgIpc) is 3.16. The van der Waals surface area contributed by atoms with Crippen molar-refractivity contribution in [1.29, 1.82) is 0 Å². The number of ether oxygens (including phenoxy) is 5. The fourth-order valence-electron chi connectivity index (χ4n) is 3.60. The van der Waals surface area contributed by atoms with Gasteiger partial charge in [0, 0.05) is 10.0 Å². The third-order valence-electron chi connectivity index (χ3n) is 5.32. The van der Waals surface area contributed by atoms with Crippen LogP contribution >= 0.6 is 15.9 Å². The molecule has 0 N–H and O–H groups in total. The van der Waals surface area contributed by atoms with Crippen LogP contribution in [-0.2, 0) is 0 Å². The Labute approximate surface area is 205 Å². The van der Waals surface area contributed by atoms with E-state index in [0.29, 0.717) is 55.5 Å². The number of fused-ring (bicyclic) bond motifs is 1. The van der Waals surface area contributed by atoms with Gasteiger partial charge in [0.1, 0.15) is 11.5 Å². The zero-order valence-corrected chi connectivity index (χ0v) is 20.5. The maximum Gasteiger partial charge on any atom is 0.344 e. The third kappa shape index (κ3) is 4.24. The van der Waals surface area contributed by atoms with E-state index < -0.39 is 5.97 Å². The van der Waals surface area contributed by atoms with Crippen LogP contribution in [0.1, 0.15) is 31.8 Å². The van der Waals surface area contributed by atoms with Crippen LogP contribution in [0.5, 0.6) is 28.7 Å². The second kappa shape index (κ2) is 9.61. The lowest BCUT2D eigenvalue weighted by Crippen LogP contribution is -2.10. The highest BCUT2D eigenvalue weighted by Gasteiger charge is 2.31. The van der Waals surface area contributed by atoms with Gasteiger partial charge in [0.2, 0.25) is 11.5 Å². The number of methoxy groups -OCH3 is 3. The van der Waals surface area contributed by atoms with Crippen LogP contribution in [0.25, 0.3) is 6.08 Å². The first-order valence-corrected chi connectivity index (χ1v) is 11.0. The molecule has 0 atom stereocenters. The van der Waals surface area contributed by atoms with E-state index in [2.05, 4.69) is 15.9 Å². The molecule has 0 aromatic heterocycles. The van der Waals surface area contributed by atoms with Crippen molar-refractivity contribution in [2.24, 2.45) is 0 Å². The van der Waals surface area contributed by atoms with Gasteiger partial charge in [0.05, 0.1) is 32.5 Å². The van der Waals surface area contributed by atoms with E-state index in [0.717, 1.165) is 0 Å². The van der Waals surface area contributed by atoms with Gasteiger partial charge in [-0.3, -0.25) is 4.79 Å². The summed E-state index contributed by atoms with van der Waals surface area (Å²) >= 11 is 3.35. The molecule has 0 spiro atoms. The molecule has 0 saturated carbocycles. The van der Waals surface area contributed by atoms with E-state index in [1.54, 1.807) is 55.5 Å². The van der Waals surface area contributed by atoms with Gasteiger partial charge in [0.25, 0.3) is 0 Å². The number of Topliss-reactive ketones (excluding diaryl/α,β-unsaturated/α-hetero) is 1.